The highest BCUT2D eigenvalue weighted by molar-refractivity contribution is 7.99. The molecule has 3 rings (SSSR count). The molecule has 0 spiro atoms. The number of aryl methyl sites for hydroxylation is 1. The van der Waals surface area contributed by atoms with Crippen LogP contribution in [-0.4, -0.2) is 26.4 Å². The van der Waals surface area contributed by atoms with E-state index in [4.69, 9.17) is 0 Å². The Balaban J connectivity index is 1.62. The Hall–Kier alpha value is -1.96. The quantitative estimate of drug-likeness (QED) is 0.859. The predicted octanol–water partition coefficient (Wildman–Crippen LogP) is 2.93. The molecule has 2 aromatic rings. The molecule has 1 aromatic heterocycles. The Bertz CT molecular complexity index is 715. The summed E-state index contributed by atoms with van der Waals surface area (Å²) in [5, 5.41) is 11.1. The molecule has 1 aliphatic carbocycles. The van der Waals surface area contributed by atoms with Crippen molar-refractivity contribution in [1.29, 1.82) is 0 Å². The van der Waals surface area contributed by atoms with Gasteiger partial charge >= 0.3 is 0 Å². The number of aromatic nitrogens is 3. The molecule has 1 fully saturated rings. The Morgan fingerprint density at radius 2 is 2.18 bits per heavy atom. The third-order valence-electron chi connectivity index (χ3n) is 3.28. The lowest BCUT2D eigenvalue weighted by atomic mass is 10.3. The van der Waals surface area contributed by atoms with Gasteiger partial charge in [-0.3, -0.25) is 4.79 Å². The minimum absolute atomic E-state index is 0.0564. The van der Waals surface area contributed by atoms with Gasteiger partial charge in [0.1, 0.15) is 17.5 Å². The molecule has 1 amide bonds. The standard InChI is InChI=1S/C14H14F2N4OS/c1-8-18-19-14(20(8)10-3-4-10)22-7-13(21)17-12-6-9(15)2-5-11(12)16/h2,5-6,10H,3-4,7H2,1H3,(H,17,21). The SMILES string of the molecule is Cc1nnc(SCC(=O)Nc2cc(F)ccc2F)n1C1CC1. The average molecular weight is 324 g/mol. The maximum atomic E-state index is 13.5. The highest BCUT2D eigenvalue weighted by Gasteiger charge is 2.28. The second kappa shape index (κ2) is 6.04. The summed E-state index contributed by atoms with van der Waals surface area (Å²) in [5.74, 6) is -0.815. The normalized spacial score (nSPS) is 14.1. The first-order valence-corrected chi connectivity index (χ1v) is 7.82. The van der Waals surface area contributed by atoms with Crippen LogP contribution >= 0.6 is 11.8 Å². The lowest BCUT2D eigenvalue weighted by Crippen LogP contribution is -2.15. The van der Waals surface area contributed by atoms with E-state index in [2.05, 4.69) is 15.5 Å². The summed E-state index contributed by atoms with van der Waals surface area (Å²) >= 11 is 1.23. The molecule has 1 aromatic carbocycles. The summed E-state index contributed by atoms with van der Waals surface area (Å²) in [6.07, 6.45) is 2.18. The van der Waals surface area contributed by atoms with Crippen LogP contribution in [0.15, 0.2) is 23.4 Å². The van der Waals surface area contributed by atoms with E-state index < -0.39 is 17.5 Å². The van der Waals surface area contributed by atoms with Crippen molar-refractivity contribution in [3.63, 3.8) is 0 Å². The summed E-state index contributed by atoms with van der Waals surface area (Å²) in [4.78, 5) is 11.9. The molecule has 0 unspecified atom stereocenters. The van der Waals surface area contributed by atoms with Gasteiger partial charge in [0.05, 0.1) is 11.4 Å². The zero-order valence-corrected chi connectivity index (χ0v) is 12.7. The zero-order chi connectivity index (χ0) is 15.7. The molecular weight excluding hydrogens is 310 g/mol. The van der Waals surface area contributed by atoms with Crippen molar-refractivity contribution in [3.05, 3.63) is 35.7 Å². The zero-order valence-electron chi connectivity index (χ0n) is 11.8. The summed E-state index contributed by atoms with van der Waals surface area (Å²) in [6.45, 7) is 1.87. The van der Waals surface area contributed by atoms with Crippen LogP contribution in [0.4, 0.5) is 14.5 Å². The van der Waals surface area contributed by atoms with Crippen molar-refractivity contribution in [1.82, 2.24) is 14.8 Å². The lowest BCUT2D eigenvalue weighted by Gasteiger charge is -2.08. The molecule has 0 saturated heterocycles. The van der Waals surface area contributed by atoms with Gasteiger partial charge in [-0.2, -0.15) is 0 Å². The van der Waals surface area contributed by atoms with Gasteiger partial charge in [0.15, 0.2) is 5.16 Å². The van der Waals surface area contributed by atoms with Crippen LogP contribution in [0.1, 0.15) is 24.7 Å². The van der Waals surface area contributed by atoms with Gasteiger partial charge in [-0.05, 0) is 31.9 Å². The number of amides is 1. The fraction of sp³-hybridized carbons (Fsp3) is 0.357. The molecular formula is C14H14F2N4OS. The van der Waals surface area contributed by atoms with Crippen molar-refractivity contribution in [3.8, 4) is 0 Å². The number of thioether (sulfide) groups is 1. The summed E-state index contributed by atoms with van der Waals surface area (Å²) in [7, 11) is 0. The number of nitrogens with zero attached hydrogens (tertiary/aromatic N) is 3. The first kappa shape index (κ1) is 15.0. The maximum absolute atomic E-state index is 13.5. The first-order chi connectivity index (χ1) is 10.5. The van der Waals surface area contributed by atoms with Crippen LogP contribution < -0.4 is 5.32 Å². The van der Waals surface area contributed by atoms with Gasteiger partial charge in [-0.25, -0.2) is 8.78 Å². The van der Waals surface area contributed by atoms with Crippen molar-refractivity contribution < 1.29 is 13.6 Å². The van der Waals surface area contributed by atoms with E-state index >= 15 is 0 Å². The van der Waals surface area contributed by atoms with E-state index in [1.165, 1.54) is 11.8 Å². The van der Waals surface area contributed by atoms with E-state index in [1.54, 1.807) is 0 Å². The number of anilines is 1. The summed E-state index contributed by atoms with van der Waals surface area (Å²) < 4.78 is 28.5. The molecule has 22 heavy (non-hydrogen) atoms. The van der Waals surface area contributed by atoms with Crippen LogP contribution in [-0.2, 0) is 4.79 Å². The maximum Gasteiger partial charge on any atom is 0.234 e. The third-order valence-corrected chi connectivity index (χ3v) is 4.22. The van der Waals surface area contributed by atoms with Crippen LogP contribution in [0.25, 0.3) is 0 Å². The molecule has 0 radical (unpaired) electrons. The molecule has 8 heteroatoms. The average Bonchev–Trinajstić information content (AvgIpc) is 3.24. The van der Waals surface area contributed by atoms with E-state index in [0.717, 1.165) is 36.9 Å². The fourth-order valence-electron chi connectivity index (χ4n) is 2.11. The van der Waals surface area contributed by atoms with Crippen molar-refractivity contribution >= 4 is 23.4 Å². The van der Waals surface area contributed by atoms with Gasteiger partial charge in [0.25, 0.3) is 0 Å². The highest BCUT2D eigenvalue weighted by atomic mass is 32.2. The summed E-state index contributed by atoms with van der Waals surface area (Å²) in [6, 6.07) is 3.35. The third kappa shape index (κ3) is 3.27. The Morgan fingerprint density at radius 1 is 1.41 bits per heavy atom. The predicted molar refractivity (Wildman–Crippen MR) is 78.7 cm³/mol. The number of carbonyl (C=O) groups excluding carboxylic acids is 1. The molecule has 0 aliphatic heterocycles. The van der Waals surface area contributed by atoms with Crippen LogP contribution in [0.2, 0.25) is 0 Å². The molecule has 5 nitrogen and oxygen atoms in total. The number of hydrogen-bond acceptors (Lipinski definition) is 4. The number of nitrogens with one attached hydrogen (secondary N) is 1. The number of halogens is 2. The molecule has 116 valence electrons. The molecule has 1 saturated carbocycles. The molecule has 0 bridgehead atoms. The van der Waals surface area contributed by atoms with Crippen molar-refractivity contribution in [2.24, 2.45) is 0 Å². The largest absolute Gasteiger partial charge is 0.323 e. The van der Waals surface area contributed by atoms with Gasteiger partial charge in [0, 0.05) is 12.1 Å². The highest BCUT2D eigenvalue weighted by Crippen LogP contribution is 2.38. The van der Waals surface area contributed by atoms with E-state index in [1.807, 2.05) is 11.5 Å². The van der Waals surface area contributed by atoms with Crippen molar-refractivity contribution in [2.45, 2.75) is 31.0 Å². The lowest BCUT2D eigenvalue weighted by molar-refractivity contribution is -0.113. The topological polar surface area (TPSA) is 59.8 Å². The monoisotopic (exact) mass is 324 g/mol. The number of carbonyl (C=O) groups is 1. The van der Waals surface area contributed by atoms with Gasteiger partial charge in [-0.1, -0.05) is 11.8 Å². The molecule has 1 aliphatic rings. The Labute approximate surface area is 130 Å². The Kier molecular flexibility index (Phi) is 4.10. The second-order valence-corrected chi connectivity index (χ2v) is 6.03. The second-order valence-electron chi connectivity index (χ2n) is 5.09. The van der Waals surface area contributed by atoms with Gasteiger partial charge in [-0.15, -0.1) is 10.2 Å². The van der Waals surface area contributed by atoms with Crippen molar-refractivity contribution in [2.75, 3.05) is 11.1 Å². The number of rotatable bonds is 5. The van der Waals surface area contributed by atoms with E-state index in [-0.39, 0.29) is 11.4 Å². The smallest absolute Gasteiger partial charge is 0.234 e. The molecule has 0 atom stereocenters. The molecule has 1 heterocycles. The molecule has 1 N–H and O–H groups in total. The number of benzene rings is 1. The minimum Gasteiger partial charge on any atom is -0.323 e. The fourth-order valence-corrected chi connectivity index (χ4v) is 2.96. The van der Waals surface area contributed by atoms with Crippen LogP contribution in [0.3, 0.4) is 0 Å². The number of hydrogen-bond donors (Lipinski definition) is 1. The van der Waals surface area contributed by atoms with Crippen LogP contribution in [0.5, 0.6) is 0 Å². The first-order valence-electron chi connectivity index (χ1n) is 6.84. The van der Waals surface area contributed by atoms with Crippen LogP contribution in [0, 0.1) is 18.6 Å². The van der Waals surface area contributed by atoms with Gasteiger partial charge in [0.2, 0.25) is 5.91 Å². The Morgan fingerprint density at radius 3 is 2.91 bits per heavy atom. The van der Waals surface area contributed by atoms with E-state index in [9.17, 15) is 13.6 Å². The minimum atomic E-state index is -0.670. The summed E-state index contributed by atoms with van der Waals surface area (Å²) in [5.41, 5.74) is -0.162. The van der Waals surface area contributed by atoms with Gasteiger partial charge < -0.3 is 9.88 Å². The van der Waals surface area contributed by atoms with E-state index in [0.29, 0.717) is 11.2 Å².